The second-order valence-corrected chi connectivity index (χ2v) is 6.81. The van der Waals surface area contributed by atoms with Gasteiger partial charge in [0.1, 0.15) is 5.75 Å². The second-order valence-electron chi connectivity index (χ2n) is 6.81. The van der Waals surface area contributed by atoms with E-state index >= 15 is 0 Å². The lowest BCUT2D eigenvalue weighted by atomic mass is 10.0. The Kier molecular flexibility index (Phi) is 5.30. The molecule has 0 aliphatic carbocycles. The number of carbonyl (C=O) groups excluding carboxylic acids is 1. The maximum atomic E-state index is 13.3. The third-order valence-electron chi connectivity index (χ3n) is 5.03. The molecule has 6 heteroatoms. The number of carbonyl (C=O) groups is 1. The summed E-state index contributed by atoms with van der Waals surface area (Å²) in [5.41, 5.74) is 3.44. The lowest BCUT2D eigenvalue weighted by molar-refractivity contribution is -0.384. The Bertz CT molecular complexity index is 1210. The van der Waals surface area contributed by atoms with Gasteiger partial charge >= 0.3 is 0 Å². The van der Waals surface area contributed by atoms with Gasteiger partial charge in [0, 0.05) is 29.6 Å². The van der Waals surface area contributed by atoms with E-state index in [4.69, 9.17) is 4.74 Å². The van der Waals surface area contributed by atoms with Crippen molar-refractivity contribution in [2.45, 2.75) is 13.5 Å². The van der Waals surface area contributed by atoms with Gasteiger partial charge in [0.05, 0.1) is 16.2 Å². The first-order valence-electron chi connectivity index (χ1n) is 9.67. The number of hydrogen-bond acceptors (Lipinski definition) is 4. The molecule has 150 valence electrons. The molecule has 0 amide bonds. The summed E-state index contributed by atoms with van der Waals surface area (Å²) in [5, 5.41) is 11.7. The van der Waals surface area contributed by atoms with Crippen LogP contribution in [0, 0.1) is 10.1 Å². The third kappa shape index (κ3) is 3.55. The molecule has 4 aromatic rings. The first-order valence-corrected chi connectivity index (χ1v) is 9.67. The number of Topliss-reactive ketones (excluding diaryl/α,β-unsaturated/α-hetero) is 1. The first-order chi connectivity index (χ1) is 14.6. The second kappa shape index (κ2) is 8.21. The van der Waals surface area contributed by atoms with Gasteiger partial charge in [-0.1, -0.05) is 48.5 Å². The molecule has 0 N–H and O–H groups in total. The van der Waals surface area contributed by atoms with Crippen molar-refractivity contribution in [2.75, 3.05) is 6.61 Å². The number of non-ortho nitro benzene ring substituents is 1. The molecular formula is C24H20N2O4. The topological polar surface area (TPSA) is 74.4 Å². The van der Waals surface area contributed by atoms with E-state index in [2.05, 4.69) is 11.5 Å². The van der Waals surface area contributed by atoms with Crippen molar-refractivity contribution in [1.29, 1.82) is 0 Å². The Morgan fingerprint density at radius 1 is 0.967 bits per heavy atom. The zero-order valence-corrected chi connectivity index (χ0v) is 16.4. The van der Waals surface area contributed by atoms with E-state index in [1.165, 1.54) is 24.3 Å². The predicted molar refractivity (Wildman–Crippen MR) is 116 cm³/mol. The number of ketones is 1. The summed E-state index contributed by atoms with van der Waals surface area (Å²) in [6.45, 7) is 2.62. The molecular weight excluding hydrogens is 380 g/mol. The lowest BCUT2D eigenvalue weighted by Crippen LogP contribution is -2.13. The van der Waals surface area contributed by atoms with Crippen LogP contribution in [0.2, 0.25) is 0 Å². The number of benzene rings is 3. The molecule has 4 rings (SSSR count). The van der Waals surface area contributed by atoms with Crippen LogP contribution in [0.25, 0.3) is 22.2 Å². The molecule has 0 unspecified atom stereocenters. The van der Waals surface area contributed by atoms with Crippen LogP contribution in [0.3, 0.4) is 0 Å². The van der Waals surface area contributed by atoms with E-state index in [9.17, 15) is 14.9 Å². The van der Waals surface area contributed by atoms with Gasteiger partial charge in [-0.25, -0.2) is 0 Å². The highest BCUT2D eigenvalue weighted by Crippen LogP contribution is 2.34. The zero-order chi connectivity index (χ0) is 21.1. The average Bonchev–Trinajstić information content (AvgIpc) is 3.12. The van der Waals surface area contributed by atoms with E-state index in [-0.39, 0.29) is 18.1 Å². The van der Waals surface area contributed by atoms with Crippen LogP contribution in [-0.4, -0.2) is 21.9 Å². The summed E-state index contributed by atoms with van der Waals surface area (Å²) >= 11 is 0. The number of ether oxygens (including phenoxy) is 1. The van der Waals surface area contributed by atoms with Gasteiger partial charge in [0.15, 0.2) is 6.61 Å². The number of nitro groups is 1. The Balaban J connectivity index is 1.72. The number of nitro benzene ring substituents is 1. The van der Waals surface area contributed by atoms with Crippen LogP contribution in [0.4, 0.5) is 5.69 Å². The molecule has 1 heterocycles. The number of fused-ring (bicyclic) bond motifs is 1. The van der Waals surface area contributed by atoms with Crippen molar-refractivity contribution in [2.24, 2.45) is 0 Å². The first kappa shape index (κ1) is 19.4. The van der Waals surface area contributed by atoms with Gasteiger partial charge in [-0.15, -0.1) is 0 Å². The molecule has 0 radical (unpaired) electrons. The van der Waals surface area contributed by atoms with Crippen molar-refractivity contribution in [3.63, 3.8) is 0 Å². The largest absolute Gasteiger partial charge is 0.485 e. The van der Waals surface area contributed by atoms with Crippen LogP contribution in [0.15, 0.2) is 78.9 Å². The van der Waals surface area contributed by atoms with Gasteiger partial charge in [-0.3, -0.25) is 14.9 Å². The van der Waals surface area contributed by atoms with Gasteiger partial charge in [-0.2, -0.15) is 0 Å². The van der Waals surface area contributed by atoms with Gasteiger partial charge in [-0.05, 0) is 30.7 Å². The molecule has 6 nitrogen and oxygen atoms in total. The summed E-state index contributed by atoms with van der Waals surface area (Å²) in [4.78, 5) is 23.6. The van der Waals surface area contributed by atoms with Crippen molar-refractivity contribution < 1.29 is 14.5 Å². The average molecular weight is 400 g/mol. The highest BCUT2D eigenvalue weighted by molar-refractivity contribution is 6.14. The molecule has 0 saturated carbocycles. The SMILES string of the molecule is CCn1c(-c2ccccc2)c(C(=O)COc2ccc([N+](=O)[O-])cc2)c2ccccc21. The zero-order valence-electron chi connectivity index (χ0n) is 16.4. The van der Waals surface area contributed by atoms with Crippen LogP contribution in [0.1, 0.15) is 17.3 Å². The van der Waals surface area contributed by atoms with E-state index in [0.29, 0.717) is 11.3 Å². The quantitative estimate of drug-likeness (QED) is 0.233. The molecule has 0 spiro atoms. The summed E-state index contributed by atoms with van der Waals surface area (Å²) < 4.78 is 7.80. The standard InChI is InChI=1S/C24H20N2O4/c1-2-25-21-11-7-6-10-20(21)23(24(25)17-8-4-3-5-9-17)22(27)16-30-19-14-12-18(13-15-19)26(28)29/h3-15H,2,16H2,1H3. The Hall–Kier alpha value is -3.93. The van der Waals surface area contributed by atoms with E-state index in [1.54, 1.807) is 0 Å². The highest BCUT2D eigenvalue weighted by Gasteiger charge is 2.23. The number of para-hydroxylation sites is 1. The molecule has 0 fully saturated rings. The maximum absolute atomic E-state index is 13.3. The fourth-order valence-electron chi connectivity index (χ4n) is 3.70. The molecule has 0 aliphatic rings. The predicted octanol–water partition coefficient (Wildman–Crippen LogP) is 5.50. The van der Waals surface area contributed by atoms with Crippen LogP contribution in [-0.2, 0) is 6.54 Å². The molecule has 1 aromatic heterocycles. The highest BCUT2D eigenvalue weighted by atomic mass is 16.6. The minimum Gasteiger partial charge on any atom is -0.485 e. The molecule has 30 heavy (non-hydrogen) atoms. The molecule has 0 aliphatic heterocycles. The number of hydrogen-bond donors (Lipinski definition) is 0. The van der Waals surface area contributed by atoms with E-state index < -0.39 is 4.92 Å². The monoisotopic (exact) mass is 400 g/mol. The lowest BCUT2D eigenvalue weighted by Gasteiger charge is -2.11. The molecule has 0 saturated heterocycles. The molecule has 3 aromatic carbocycles. The molecule has 0 bridgehead atoms. The van der Waals surface area contributed by atoms with E-state index in [0.717, 1.165) is 28.7 Å². The minimum absolute atomic E-state index is 0.0222. The fourth-order valence-corrected chi connectivity index (χ4v) is 3.70. The van der Waals surface area contributed by atoms with Crippen LogP contribution < -0.4 is 4.74 Å². The minimum atomic E-state index is -0.472. The Labute approximate surface area is 173 Å². The Morgan fingerprint density at radius 3 is 2.30 bits per heavy atom. The molecule has 0 atom stereocenters. The van der Waals surface area contributed by atoms with E-state index in [1.807, 2.05) is 54.6 Å². The van der Waals surface area contributed by atoms with Gasteiger partial charge in [0.25, 0.3) is 5.69 Å². The maximum Gasteiger partial charge on any atom is 0.269 e. The summed E-state index contributed by atoms with van der Waals surface area (Å²) in [6.07, 6.45) is 0. The van der Waals surface area contributed by atoms with Crippen LogP contribution >= 0.6 is 0 Å². The number of rotatable bonds is 7. The third-order valence-corrected chi connectivity index (χ3v) is 5.03. The van der Waals surface area contributed by atoms with Crippen molar-refractivity contribution in [1.82, 2.24) is 4.57 Å². The summed E-state index contributed by atoms with van der Waals surface area (Å²) in [5.74, 6) is 0.269. The van der Waals surface area contributed by atoms with Crippen LogP contribution in [0.5, 0.6) is 5.75 Å². The normalized spacial score (nSPS) is 10.8. The fraction of sp³-hybridized carbons (Fsp3) is 0.125. The van der Waals surface area contributed by atoms with Gasteiger partial charge < -0.3 is 9.30 Å². The van der Waals surface area contributed by atoms with Gasteiger partial charge in [0.2, 0.25) is 5.78 Å². The Morgan fingerprint density at radius 2 is 1.63 bits per heavy atom. The van der Waals surface area contributed by atoms with Crippen molar-refractivity contribution in [3.8, 4) is 17.0 Å². The van der Waals surface area contributed by atoms with Crippen molar-refractivity contribution >= 4 is 22.4 Å². The smallest absolute Gasteiger partial charge is 0.269 e. The number of aryl methyl sites for hydroxylation is 1. The number of aromatic nitrogens is 1. The summed E-state index contributed by atoms with van der Waals surface area (Å²) in [7, 11) is 0. The summed E-state index contributed by atoms with van der Waals surface area (Å²) in [6, 6.07) is 23.4. The number of nitrogens with zero attached hydrogens (tertiary/aromatic N) is 2. The van der Waals surface area contributed by atoms with Crippen molar-refractivity contribution in [3.05, 3.63) is 94.5 Å².